The van der Waals surface area contributed by atoms with Crippen molar-refractivity contribution in [1.29, 1.82) is 0 Å². The molecule has 0 N–H and O–H groups in total. The Balaban J connectivity index is 2.11. The Morgan fingerprint density at radius 2 is 1.73 bits per heavy atom. The smallest absolute Gasteiger partial charge is 0.164 e. The van der Waals surface area contributed by atoms with Crippen LogP contribution in [0, 0.1) is 6.92 Å². The second-order valence-corrected chi connectivity index (χ2v) is 14.8. The van der Waals surface area contributed by atoms with Crippen LogP contribution in [0.15, 0.2) is 30.3 Å². The monoisotopic (exact) mass is 374 g/mol. The van der Waals surface area contributed by atoms with Gasteiger partial charge in [-0.3, -0.25) is 0 Å². The molecule has 0 saturated carbocycles. The van der Waals surface area contributed by atoms with Gasteiger partial charge in [0.25, 0.3) is 0 Å². The van der Waals surface area contributed by atoms with Gasteiger partial charge in [0, 0.05) is 20.1 Å². The highest BCUT2D eigenvalue weighted by atomic mass is 28.3. The Morgan fingerprint density at radius 1 is 1.08 bits per heavy atom. The summed E-state index contributed by atoms with van der Waals surface area (Å²) in [6, 6.07) is 11.4. The summed E-state index contributed by atoms with van der Waals surface area (Å²) in [7, 11) is -1.07. The quantitative estimate of drug-likeness (QED) is 0.460. The van der Waals surface area contributed by atoms with E-state index in [9.17, 15) is 0 Å². The minimum Gasteiger partial charge on any atom is -0.485 e. The van der Waals surface area contributed by atoms with Crippen molar-refractivity contribution < 1.29 is 9.47 Å². The lowest BCUT2D eigenvalue weighted by atomic mass is 9.91. The molecule has 26 heavy (non-hydrogen) atoms. The Morgan fingerprint density at radius 3 is 2.31 bits per heavy atom. The summed E-state index contributed by atoms with van der Waals surface area (Å²) in [6.45, 7) is 17.5. The zero-order valence-corrected chi connectivity index (χ0v) is 18.4. The third kappa shape index (κ3) is 5.99. The highest BCUT2D eigenvalue weighted by Crippen LogP contribution is 2.33. The number of benzene rings is 1. The van der Waals surface area contributed by atoms with Gasteiger partial charge in [-0.2, -0.15) is 5.10 Å². The average Bonchev–Trinajstić information content (AvgIpc) is 2.86. The van der Waals surface area contributed by atoms with Crippen LogP contribution in [-0.4, -0.2) is 24.5 Å². The van der Waals surface area contributed by atoms with Crippen LogP contribution in [0.5, 0.6) is 5.75 Å². The molecule has 2 aromatic rings. The van der Waals surface area contributed by atoms with Crippen molar-refractivity contribution >= 4 is 8.07 Å². The van der Waals surface area contributed by atoms with E-state index in [-0.39, 0.29) is 5.41 Å². The van der Waals surface area contributed by atoms with Crippen molar-refractivity contribution in [2.24, 2.45) is 0 Å². The van der Waals surface area contributed by atoms with Crippen LogP contribution in [-0.2, 0) is 23.5 Å². The molecule has 0 aliphatic heterocycles. The summed E-state index contributed by atoms with van der Waals surface area (Å²) in [4.78, 5) is 0. The standard InChI is InChI=1S/C21H34N2O2Si/c1-17-19(25-15-18-11-9-8-10-12-18)20(21(2,3)4)22-23(17)16-24-13-14-26(5,6)7/h8-12H,13-16H2,1-7H3. The highest BCUT2D eigenvalue weighted by molar-refractivity contribution is 6.76. The number of hydrogen-bond acceptors (Lipinski definition) is 3. The lowest BCUT2D eigenvalue weighted by Gasteiger charge is -2.18. The number of nitrogens with zero attached hydrogens (tertiary/aromatic N) is 2. The molecule has 144 valence electrons. The fourth-order valence-electron chi connectivity index (χ4n) is 2.58. The van der Waals surface area contributed by atoms with E-state index in [0.29, 0.717) is 13.3 Å². The summed E-state index contributed by atoms with van der Waals surface area (Å²) in [5.74, 6) is 0.884. The first-order chi connectivity index (χ1) is 12.1. The Hall–Kier alpha value is -1.59. The van der Waals surface area contributed by atoms with E-state index < -0.39 is 8.07 Å². The molecule has 1 aromatic carbocycles. The van der Waals surface area contributed by atoms with Gasteiger partial charge < -0.3 is 9.47 Å². The largest absolute Gasteiger partial charge is 0.485 e. The maximum atomic E-state index is 6.19. The number of aromatic nitrogens is 2. The summed E-state index contributed by atoms with van der Waals surface area (Å²) >= 11 is 0. The lowest BCUT2D eigenvalue weighted by Crippen LogP contribution is -2.22. The van der Waals surface area contributed by atoms with Gasteiger partial charge in [0.2, 0.25) is 0 Å². The molecule has 0 aliphatic carbocycles. The van der Waals surface area contributed by atoms with Gasteiger partial charge in [0.05, 0.1) is 5.69 Å². The predicted octanol–water partition coefficient (Wildman–Crippen LogP) is 5.38. The molecule has 0 bridgehead atoms. The molecule has 1 aromatic heterocycles. The molecule has 0 unspecified atom stereocenters. The lowest BCUT2D eigenvalue weighted by molar-refractivity contribution is 0.0764. The van der Waals surface area contributed by atoms with E-state index in [1.165, 1.54) is 0 Å². The summed E-state index contributed by atoms with van der Waals surface area (Å²) in [5, 5.41) is 4.81. The SMILES string of the molecule is Cc1c(OCc2ccccc2)c(C(C)(C)C)nn1COCC[Si](C)(C)C. The first kappa shape index (κ1) is 20.7. The van der Waals surface area contributed by atoms with E-state index in [1.54, 1.807) is 0 Å². The van der Waals surface area contributed by atoms with E-state index >= 15 is 0 Å². The van der Waals surface area contributed by atoms with Gasteiger partial charge in [0.15, 0.2) is 5.75 Å². The maximum absolute atomic E-state index is 6.19. The van der Waals surface area contributed by atoms with Gasteiger partial charge >= 0.3 is 0 Å². The molecule has 0 aliphatic rings. The second kappa shape index (κ2) is 8.40. The third-order valence-corrected chi connectivity index (χ3v) is 6.00. The first-order valence-electron chi connectivity index (χ1n) is 9.40. The highest BCUT2D eigenvalue weighted by Gasteiger charge is 2.26. The van der Waals surface area contributed by atoms with Gasteiger partial charge in [-0.25, -0.2) is 4.68 Å². The van der Waals surface area contributed by atoms with Crippen LogP contribution in [0.25, 0.3) is 0 Å². The molecule has 0 spiro atoms. The zero-order chi connectivity index (χ0) is 19.4. The summed E-state index contributed by atoms with van der Waals surface area (Å²) < 4.78 is 14.0. The van der Waals surface area contributed by atoms with Crippen LogP contribution in [0.3, 0.4) is 0 Å². The Kier molecular flexibility index (Phi) is 6.69. The molecule has 0 fully saturated rings. The molecule has 0 amide bonds. The third-order valence-electron chi connectivity index (χ3n) is 4.30. The molecular weight excluding hydrogens is 340 g/mol. The van der Waals surface area contributed by atoms with Gasteiger partial charge in [-0.1, -0.05) is 70.7 Å². The van der Waals surface area contributed by atoms with Crippen LogP contribution in [0.4, 0.5) is 0 Å². The van der Waals surface area contributed by atoms with Crippen molar-refractivity contribution in [2.75, 3.05) is 6.61 Å². The van der Waals surface area contributed by atoms with E-state index in [1.807, 2.05) is 22.9 Å². The van der Waals surface area contributed by atoms with Gasteiger partial charge in [-0.15, -0.1) is 0 Å². The number of rotatable bonds is 8. The molecular formula is C21H34N2O2Si. The van der Waals surface area contributed by atoms with Crippen molar-refractivity contribution in [3.8, 4) is 5.75 Å². The summed E-state index contributed by atoms with van der Waals surface area (Å²) in [6.07, 6.45) is 0. The van der Waals surface area contributed by atoms with Gasteiger partial charge in [-0.05, 0) is 18.5 Å². The van der Waals surface area contributed by atoms with Crippen molar-refractivity contribution in [1.82, 2.24) is 9.78 Å². The van der Waals surface area contributed by atoms with Gasteiger partial charge in [0.1, 0.15) is 19.0 Å². The minimum absolute atomic E-state index is 0.0830. The molecule has 1 heterocycles. The molecule has 0 radical (unpaired) electrons. The Bertz CT molecular complexity index is 697. The Labute approximate surface area is 159 Å². The van der Waals surface area contributed by atoms with E-state index in [2.05, 4.69) is 59.5 Å². The average molecular weight is 375 g/mol. The van der Waals surface area contributed by atoms with E-state index in [0.717, 1.165) is 35.4 Å². The van der Waals surface area contributed by atoms with Crippen LogP contribution < -0.4 is 4.74 Å². The normalized spacial score (nSPS) is 12.4. The van der Waals surface area contributed by atoms with Crippen molar-refractivity contribution in [2.45, 2.75) is 72.1 Å². The van der Waals surface area contributed by atoms with Crippen molar-refractivity contribution in [3.05, 3.63) is 47.3 Å². The summed E-state index contributed by atoms with van der Waals surface area (Å²) in [5.41, 5.74) is 3.09. The van der Waals surface area contributed by atoms with Crippen LogP contribution in [0.1, 0.15) is 37.7 Å². The first-order valence-corrected chi connectivity index (χ1v) is 13.1. The fourth-order valence-corrected chi connectivity index (χ4v) is 3.33. The van der Waals surface area contributed by atoms with Crippen LogP contribution in [0.2, 0.25) is 25.7 Å². The fraction of sp³-hybridized carbons (Fsp3) is 0.571. The predicted molar refractivity (Wildman–Crippen MR) is 111 cm³/mol. The van der Waals surface area contributed by atoms with Crippen molar-refractivity contribution in [3.63, 3.8) is 0 Å². The maximum Gasteiger partial charge on any atom is 0.164 e. The topological polar surface area (TPSA) is 36.3 Å². The number of hydrogen-bond donors (Lipinski definition) is 0. The molecule has 0 saturated heterocycles. The molecule has 4 nitrogen and oxygen atoms in total. The zero-order valence-electron chi connectivity index (χ0n) is 17.4. The number of ether oxygens (including phenoxy) is 2. The second-order valence-electron chi connectivity index (χ2n) is 9.13. The van der Waals surface area contributed by atoms with Crippen LogP contribution >= 0.6 is 0 Å². The van der Waals surface area contributed by atoms with E-state index in [4.69, 9.17) is 14.6 Å². The molecule has 0 atom stereocenters. The molecule has 2 rings (SSSR count). The minimum atomic E-state index is -1.07. The molecule has 5 heteroatoms.